The van der Waals surface area contributed by atoms with Crippen molar-refractivity contribution < 1.29 is 37.4 Å². The van der Waals surface area contributed by atoms with Gasteiger partial charge >= 0.3 is 13.6 Å². The van der Waals surface area contributed by atoms with Gasteiger partial charge in [0.05, 0.1) is 44.5 Å². The molecule has 0 amide bonds. The average Bonchev–Trinajstić information content (AvgIpc) is 2.88. The number of carbonyl (C=O) groups excluding carboxylic acids is 1. The average molecular weight is 539 g/mol. The zero-order chi connectivity index (χ0) is 27.1. The van der Waals surface area contributed by atoms with E-state index in [2.05, 4.69) is 0 Å². The maximum atomic E-state index is 14.0. The van der Waals surface area contributed by atoms with Gasteiger partial charge in [-0.05, 0) is 65.0 Å². The topological polar surface area (TPSA) is 89.5 Å². The van der Waals surface area contributed by atoms with E-state index in [4.69, 9.17) is 28.0 Å². The van der Waals surface area contributed by atoms with Crippen molar-refractivity contribution in [1.29, 1.82) is 0 Å². The zero-order valence-corrected chi connectivity index (χ0v) is 23.8. The summed E-state index contributed by atoms with van der Waals surface area (Å²) < 4.78 is 48.6. The Kier molecular flexibility index (Phi) is 14.4. The van der Waals surface area contributed by atoms with Crippen LogP contribution >= 0.6 is 7.60 Å². The third kappa shape index (κ3) is 10.8. The summed E-state index contributed by atoms with van der Waals surface area (Å²) in [6, 6.07) is 9.67. The van der Waals surface area contributed by atoms with Crippen LogP contribution in [0.25, 0.3) is 0 Å². The van der Waals surface area contributed by atoms with Crippen LogP contribution in [-0.4, -0.2) is 51.4 Å². The van der Waals surface area contributed by atoms with Gasteiger partial charge in [0.25, 0.3) is 0 Å². The largest absolute Gasteiger partial charge is 0.463 e. The zero-order valence-electron chi connectivity index (χ0n) is 22.9. The minimum absolute atomic E-state index is 0.137. The summed E-state index contributed by atoms with van der Waals surface area (Å²) in [5.41, 5.74) is 2.94. The fourth-order valence-corrected chi connectivity index (χ4v) is 5.70. The molecule has 0 N–H and O–H groups in total. The Bertz CT molecular complexity index is 907. The summed E-state index contributed by atoms with van der Waals surface area (Å²) in [6.45, 7) is 10.9. The first kappa shape index (κ1) is 31.4. The van der Waals surface area contributed by atoms with E-state index in [1.54, 1.807) is 20.8 Å². The van der Waals surface area contributed by atoms with E-state index in [0.717, 1.165) is 36.0 Å². The number of ether oxygens (including phenoxy) is 4. The molecule has 1 saturated heterocycles. The summed E-state index contributed by atoms with van der Waals surface area (Å²) in [5.74, 6) is -0.629. The van der Waals surface area contributed by atoms with Gasteiger partial charge in [0.15, 0.2) is 6.29 Å². The molecule has 37 heavy (non-hydrogen) atoms. The van der Waals surface area contributed by atoms with Crippen molar-refractivity contribution in [2.24, 2.45) is 0 Å². The maximum Gasteiger partial charge on any atom is 0.360 e. The summed E-state index contributed by atoms with van der Waals surface area (Å²) in [4.78, 5) is 12.6. The summed E-state index contributed by atoms with van der Waals surface area (Å²) in [5, 5.41) is 0.137. The summed E-state index contributed by atoms with van der Waals surface area (Å²) in [7, 11) is -3.87. The van der Waals surface area contributed by atoms with Gasteiger partial charge in [-0.25, -0.2) is 4.79 Å². The molecule has 1 aliphatic heterocycles. The molecule has 1 fully saturated rings. The first-order valence-corrected chi connectivity index (χ1v) is 14.7. The van der Waals surface area contributed by atoms with E-state index in [1.807, 2.05) is 44.2 Å². The van der Waals surface area contributed by atoms with Crippen molar-refractivity contribution in [3.05, 3.63) is 58.4 Å². The molecule has 1 heterocycles. The minimum atomic E-state index is -3.87. The van der Waals surface area contributed by atoms with Crippen LogP contribution < -0.4 is 0 Å². The molecule has 1 aromatic carbocycles. The lowest BCUT2D eigenvalue weighted by Crippen LogP contribution is -2.25. The van der Waals surface area contributed by atoms with Gasteiger partial charge in [-0.3, -0.25) is 4.57 Å². The van der Waals surface area contributed by atoms with Crippen molar-refractivity contribution in [3.63, 3.8) is 0 Å². The predicted octanol–water partition coefficient (Wildman–Crippen LogP) is 6.55. The number of hydrogen-bond donors (Lipinski definition) is 0. The van der Waals surface area contributed by atoms with E-state index in [9.17, 15) is 9.36 Å². The molecule has 8 nitrogen and oxygen atoms in total. The van der Waals surface area contributed by atoms with E-state index in [0.29, 0.717) is 19.6 Å². The van der Waals surface area contributed by atoms with Crippen molar-refractivity contribution in [2.75, 3.05) is 33.0 Å². The Balaban J connectivity index is 2.42. The lowest BCUT2D eigenvalue weighted by Gasteiger charge is -2.29. The number of hydrogen-bond acceptors (Lipinski definition) is 8. The number of rotatable bonds is 16. The highest BCUT2D eigenvalue weighted by Gasteiger charge is 2.37. The smallest absolute Gasteiger partial charge is 0.360 e. The first-order chi connectivity index (χ1) is 17.8. The van der Waals surface area contributed by atoms with Crippen LogP contribution in [0.3, 0.4) is 0 Å². The molecule has 2 atom stereocenters. The Morgan fingerprint density at radius 3 is 2.35 bits per heavy atom. The van der Waals surface area contributed by atoms with E-state index < -0.39 is 19.7 Å². The lowest BCUT2D eigenvalue weighted by atomic mass is 10.0. The van der Waals surface area contributed by atoms with Gasteiger partial charge < -0.3 is 28.0 Å². The molecule has 1 aromatic rings. The van der Waals surface area contributed by atoms with Crippen molar-refractivity contribution in [3.8, 4) is 0 Å². The molecule has 0 radical (unpaired) electrons. The van der Waals surface area contributed by atoms with Gasteiger partial charge in [0, 0.05) is 19.1 Å². The fraction of sp³-hybridized carbons (Fsp3) is 0.607. The van der Waals surface area contributed by atoms with Gasteiger partial charge in [-0.15, -0.1) is 0 Å². The van der Waals surface area contributed by atoms with Gasteiger partial charge in [-0.2, -0.15) is 0 Å². The van der Waals surface area contributed by atoms with Crippen LogP contribution in [-0.2, 0) is 44.0 Å². The Morgan fingerprint density at radius 1 is 1.08 bits per heavy atom. The van der Waals surface area contributed by atoms with E-state index in [1.165, 1.54) is 6.08 Å². The van der Waals surface area contributed by atoms with Crippen molar-refractivity contribution >= 4 is 13.6 Å². The van der Waals surface area contributed by atoms with Gasteiger partial charge in [-0.1, -0.05) is 35.9 Å². The highest BCUT2D eigenvalue weighted by atomic mass is 31.2. The van der Waals surface area contributed by atoms with Crippen LogP contribution in [0, 0.1) is 0 Å². The third-order valence-corrected chi connectivity index (χ3v) is 8.06. The van der Waals surface area contributed by atoms with Crippen molar-refractivity contribution in [2.45, 2.75) is 79.3 Å². The quantitative estimate of drug-likeness (QED) is 0.101. The first-order valence-electron chi connectivity index (χ1n) is 13.1. The molecule has 0 bridgehead atoms. The fourth-order valence-electron chi connectivity index (χ4n) is 3.87. The second kappa shape index (κ2) is 16.9. The molecule has 0 aliphatic carbocycles. The Labute approximate surface area is 221 Å². The minimum Gasteiger partial charge on any atom is -0.463 e. The molecule has 9 heteroatoms. The number of benzene rings is 1. The van der Waals surface area contributed by atoms with Gasteiger partial charge in [0.2, 0.25) is 0 Å². The highest BCUT2D eigenvalue weighted by Crippen LogP contribution is 2.58. The molecule has 2 rings (SSSR count). The standard InChI is InChI=1S/C28H43O8P/c1-6-31-27(29)19-26(37(30,35-7-2)36-8-3)25(33-20-23-14-10-9-11-15-23)18-24(22(4)5)21-34-28-16-12-13-17-32-28/h9-11,14-15,19,25,28H,6-8,12-13,16-18,20-21H2,1-5H3/b26-19+/t25-,28?/m0/s1. The monoisotopic (exact) mass is 538 g/mol. The number of esters is 1. The normalized spacial score (nSPS) is 17.3. The molecule has 1 unspecified atom stereocenters. The SMILES string of the molecule is CCOC(=O)/C=C(\[C@H](CC(COC1CCCCO1)=C(C)C)OCc1ccccc1)P(=O)(OCC)OCC. The molecule has 1 aliphatic rings. The molecule has 0 spiro atoms. The maximum absolute atomic E-state index is 14.0. The predicted molar refractivity (Wildman–Crippen MR) is 143 cm³/mol. The second-order valence-corrected chi connectivity index (χ2v) is 10.9. The van der Waals surface area contributed by atoms with Crippen LogP contribution in [0.4, 0.5) is 0 Å². The molecule has 0 saturated carbocycles. The van der Waals surface area contributed by atoms with Crippen LogP contribution in [0.1, 0.15) is 65.9 Å². The van der Waals surface area contributed by atoms with Gasteiger partial charge in [0.1, 0.15) is 0 Å². The number of allylic oxidation sites excluding steroid dienone is 1. The van der Waals surface area contributed by atoms with Crippen molar-refractivity contribution in [1.82, 2.24) is 0 Å². The Hall–Kier alpha value is -1.80. The summed E-state index contributed by atoms with van der Waals surface area (Å²) in [6.07, 6.45) is 3.46. The van der Waals surface area contributed by atoms with E-state index >= 15 is 0 Å². The highest BCUT2D eigenvalue weighted by molar-refractivity contribution is 7.58. The summed E-state index contributed by atoms with van der Waals surface area (Å²) >= 11 is 0. The lowest BCUT2D eigenvalue weighted by molar-refractivity contribution is -0.157. The Morgan fingerprint density at radius 2 is 1.78 bits per heavy atom. The van der Waals surface area contributed by atoms with Crippen LogP contribution in [0.5, 0.6) is 0 Å². The van der Waals surface area contributed by atoms with Crippen LogP contribution in [0.2, 0.25) is 0 Å². The van der Waals surface area contributed by atoms with Crippen LogP contribution in [0.15, 0.2) is 52.9 Å². The molecular weight excluding hydrogens is 495 g/mol. The molecular formula is C28H43O8P. The second-order valence-electron chi connectivity index (χ2n) is 8.85. The van der Waals surface area contributed by atoms with E-state index in [-0.39, 0.29) is 38.0 Å². The molecule has 208 valence electrons. The molecule has 0 aromatic heterocycles. The third-order valence-electron chi connectivity index (χ3n) is 5.81. The number of carbonyl (C=O) groups is 1.